The van der Waals surface area contributed by atoms with Crippen molar-refractivity contribution in [2.45, 2.75) is 59.0 Å². The van der Waals surface area contributed by atoms with Gasteiger partial charge >= 0.3 is 0 Å². The Morgan fingerprint density at radius 2 is 1.57 bits per heavy atom. The molecule has 0 heterocycles. The summed E-state index contributed by atoms with van der Waals surface area (Å²) in [4.78, 5) is 2.30. The number of aliphatic hydroxyl groups is 1. The quantitative estimate of drug-likeness (QED) is 0.722. The molecule has 134 valence electrons. The van der Waals surface area contributed by atoms with Crippen molar-refractivity contribution in [1.29, 1.82) is 0 Å². The third-order valence-corrected chi connectivity index (χ3v) is 3.71. The summed E-state index contributed by atoms with van der Waals surface area (Å²) < 4.78 is 5.72. The second kappa shape index (κ2) is 10.9. The maximum atomic E-state index is 10.2. The minimum Gasteiger partial charge on any atom is -1.00 e. The van der Waals surface area contributed by atoms with Gasteiger partial charge in [0.25, 0.3) is 0 Å². The van der Waals surface area contributed by atoms with Crippen molar-refractivity contribution in [3.63, 3.8) is 0 Å². The maximum Gasteiger partial charge on any atom is 0.119 e. The molecule has 0 radical (unpaired) electrons. The molecule has 0 aliphatic carbocycles. The minimum atomic E-state index is -0.444. The zero-order chi connectivity index (χ0) is 16.6. The van der Waals surface area contributed by atoms with Crippen molar-refractivity contribution >= 4 is 0 Å². The van der Waals surface area contributed by atoms with Crippen LogP contribution >= 0.6 is 0 Å². The third kappa shape index (κ3) is 8.59. The molecular formula is C19H33ClNO2-. The first-order chi connectivity index (χ1) is 10.4. The predicted octanol–water partition coefficient (Wildman–Crippen LogP) is 0.850. The Kier molecular flexibility index (Phi) is 10.5. The van der Waals surface area contributed by atoms with E-state index in [2.05, 4.69) is 51.7 Å². The summed E-state index contributed by atoms with van der Waals surface area (Å²) in [6, 6.07) is 8.18. The lowest BCUT2D eigenvalue weighted by molar-refractivity contribution is -0.00000757. The van der Waals surface area contributed by atoms with E-state index in [0.29, 0.717) is 13.2 Å². The fourth-order valence-electron chi connectivity index (χ4n) is 2.52. The molecule has 0 aromatic heterocycles. The molecule has 0 saturated heterocycles. The number of benzene rings is 1. The van der Waals surface area contributed by atoms with Gasteiger partial charge in [0.1, 0.15) is 18.5 Å². The van der Waals surface area contributed by atoms with Crippen molar-refractivity contribution in [3.8, 4) is 5.75 Å². The Hall–Kier alpha value is -0.770. The fourth-order valence-corrected chi connectivity index (χ4v) is 2.52. The molecule has 0 bridgehead atoms. The molecular weight excluding hydrogens is 310 g/mol. The largest absolute Gasteiger partial charge is 1.00 e. The number of aliphatic hydroxyl groups excluding tert-OH is 1. The molecule has 0 amide bonds. The molecule has 1 atom stereocenters. The SMILES string of the molecule is CCCN(CCC)CC(O)COc1ccc(C(C)(C)C)cc1.[Cl-]. The van der Waals surface area contributed by atoms with Gasteiger partial charge in [-0.25, -0.2) is 0 Å². The lowest BCUT2D eigenvalue weighted by atomic mass is 9.87. The highest BCUT2D eigenvalue weighted by Crippen LogP contribution is 2.24. The van der Waals surface area contributed by atoms with E-state index in [0.717, 1.165) is 31.7 Å². The lowest BCUT2D eigenvalue weighted by Crippen LogP contribution is -3.00. The van der Waals surface area contributed by atoms with Gasteiger partial charge in [-0.3, -0.25) is 0 Å². The molecule has 1 rings (SSSR count). The molecule has 0 saturated carbocycles. The van der Waals surface area contributed by atoms with Gasteiger partial charge in [0, 0.05) is 6.54 Å². The van der Waals surface area contributed by atoms with Gasteiger partial charge in [-0.1, -0.05) is 46.8 Å². The van der Waals surface area contributed by atoms with Crippen LogP contribution in [0, 0.1) is 0 Å². The Morgan fingerprint density at radius 1 is 1.04 bits per heavy atom. The fraction of sp³-hybridized carbons (Fsp3) is 0.684. The Balaban J connectivity index is 0.00000484. The van der Waals surface area contributed by atoms with Crippen LogP contribution in [0.5, 0.6) is 5.75 Å². The van der Waals surface area contributed by atoms with E-state index in [-0.39, 0.29) is 17.8 Å². The standard InChI is InChI=1S/C19H33NO2.ClH/c1-6-12-20(13-7-2)14-17(21)15-22-18-10-8-16(9-11-18)19(3,4)5;/h8-11,17,21H,6-7,12-15H2,1-5H3;1H/p-1. The van der Waals surface area contributed by atoms with Gasteiger partial charge in [-0.05, 0) is 49.0 Å². The summed E-state index contributed by atoms with van der Waals surface area (Å²) in [7, 11) is 0. The van der Waals surface area contributed by atoms with Gasteiger partial charge < -0.3 is 27.2 Å². The first kappa shape index (κ1) is 22.2. The Morgan fingerprint density at radius 3 is 2.00 bits per heavy atom. The molecule has 1 unspecified atom stereocenters. The molecule has 0 spiro atoms. The van der Waals surface area contributed by atoms with Crippen molar-refractivity contribution in [2.24, 2.45) is 0 Å². The van der Waals surface area contributed by atoms with E-state index < -0.39 is 6.10 Å². The van der Waals surface area contributed by atoms with E-state index in [1.54, 1.807) is 0 Å². The number of rotatable bonds is 9. The molecule has 4 heteroatoms. The van der Waals surface area contributed by atoms with Gasteiger partial charge in [0.15, 0.2) is 0 Å². The number of ether oxygens (including phenoxy) is 1. The second-order valence-corrected chi connectivity index (χ2v) is 7.04. The summed E-state index contributed by atoms with van der Waals surface area (Å²) in [5, 5.41) is 10.2. The first-order valence-electron chi connectivity index (χ1n) is 8.50. The molecule has 1 aromatic carbocycles. The summed E-state index contributed by atoms with van der Waals surface area (Å²) in [5.74, 6) is 0.824. The van der Waals surface area contributed by atoms with Crippen molar-refractivity contribution in [2.75, 3.05) is 26.2 Å². The van der Waals surface area contributed by atoms with E-state index in [1.807, 2.05) is 12.1 Å². The summed E-state index contributed by atoms with van der Waals surface area (Å²) in [6.07, 6.45) is 1.78. The van der Waals surface area contributed by atoms with Crippen LogP contribution in [0.3, 0.4) is 0 Å². The summed E-state index contributed by atoms with van der Waals surface area (Å²) in [6.45, 7) is 14.0. The Labute approximate surface area is 148 Å². The van der Waals surface area contributed by atoms with Gasteiger partial charge in [-0.15, -0.1) is 0 Å². The summed E-state index contributed by atoms with van der Waals surface area (Å²) >= 11 is 0. The van der Waals surface area contributed by atoms with Crippen LogP contribution in [-0.4, -0.2) is 42.4 Å². The second-order valence-electron chi connectivity index (χ2n) is 7.04. The molecule has 1 N–H and O–H groups in total. The molecule has 0 aliphatic rings. The molecule has 0 fully saturated rings. The van der Waals surface area contributed by atoms with Crippen LogP contribution in [0.2, 0.25) is 0 Å². The molecule has 0 aliphatic heterocycles. The third-order valence-electron chi connectivity index (χ3n) is 3.71. The number of hydrogen-bond donors (Lipinski definition) is 1. The van der Waals surface area contributed by atoms with Gasteiger partial charge in [0.05, 0.1) is 0 Å². The topological polar surface area (TPSA) is 32.7 Å². The van der Waals surface area contributed by atoms with E-state index in [4.69, 9.17) is 4.74 Å². The van der Waals surface area contributed by atoms with Crippen LogP contribution in [0.25, 0.3) is 0 Å². The van der Waals surface area contributed by atoms with Crippen LogP contribution in [0.15, 0.2) is 24.3 Å². The smallest absolute Gasteiger partial charge is 0.119 e. The highest BCUT2D eigenvalue weighted by Gasteiger charge is 2.14. The van der Waals surface area contributed by atoms with E-state index in [1.165, 1.54) is 5.56 Å². The lowest BCUT2D eigenvalue weighted by Gasteiger charge is -2.24. The normalized spacial score (nSPS) is 12.8. The average Bonchev–Trinajstić information content (AvgIpc) is 2.45. The molecule has 23 heavy (non-hydrogen) atoms. The Bertz CT molecular complexity index is 408. The van der Waals surface area contributed by atoms with Gasteiger partial charge in [0.2, 0.25) is 0 Å². The number of nitrogens with zero attached hydrogens (tertiary/aromatic N) is 1. The van der Waals surface area contributed by atoms with Gasteiger partial charge in [-0.2, -0.15) is 0 Å². The van der Waals surface area contributed by atoms with E-state index >= 15 is 0 Å². The van der Waals surface area contributed by atoms with Crippen molar-refractivity contribution in [1.82, 2.24) is 4.90 Å². The highest BCUT2D eigenvalue weighted by molar-refractivity contribution is 5.31. The zero-order valence-corrected chi connectivity index (χ0v) is 16.1. The van der Waals surface area contributed by atoms with Crippen molar-refractivity contribution < 1.29 is 22.3 Å². The highest BCUT2D eigenvalue weighted by atomic mass is 35.5. The maximum absolute atomic E-state index is 10.2. The zero-order valence-electron chi connectivity index (χ0n) is 15.3. The monoisotopic (exact) mass is 342 g/mol. The number of halogens is 1. The molecule has 3 nitrogen and oxygen atoms in total. The molecule has 1 aromatic rings. The van der Waals surface area contributed by atoms with Crippen LogP contribution in [0.1, 0.15) is 53.0 Å². The summed E-state index contributed by atoms with van der Waals surface area (Å²) in [5.41, 5.74) is 1.44. The van der Waals surface area contributed by atoms with Crippen molar-refractivity contribution in [3.05, 3.63) is 29.8 Å². The van der Waals surface area contributed by atoms with Crippen LogP contribution in [-0.2, 0) is 5.41 Å². The predicted molar refractivity (Wildman–Crippen MR) is 93.7 cm³/mol. The number of hydrogen-bond acceptors (Lipinski definition) is 3. The van der Waals surface area contributed by atoms with E-state index in [9.17, 15) is 5.11 Å². The minimum absolute atomic E-state index is 0. The average molecular weight is 343 g/mol. The van der Waals surface area contributed by atoms with Crippen LogP contribution in [0.4, 0.5) is 0 Å². The first-order valence-corrected chi connectivity index (χ1v) is 8.50. The van der Waals surface area contributed by atoms with Crippen LogP contribution < -0.4 is 17.1 Å².